The third-order valence-corrected chi connectivity index (χ3v) is 5.52. The van der Waals surface area contributed by atoms with Crippen molar-refractivity contribution in [1.82, 2.24) is 15.6 Å². The molecule has 1 aliphatic heterocycles. The molecule has 2 aromatic rings. The molecule has 1 aromatic heterocycles. The van der Waals surface area contributed by atoms with Gasteiger partial charge in [0.2, 0.25) is 5.95 Å². The van der Waals surface area contributed by atoms with Crippen molar-refractivity contribution in [2.45, 2.75) is 37.8 Å². The van der Waals surface area contributed by atoms with Crippen molar-refractivity contribution in [2.24, 2.45) is 5.92 Å². The van der Waals surface area contributed by atoms with Crippen molar-refractivity contribution in [3.63, 3.8) is 0 Å². The quantitative estimate of drug-likeness (QED) is 0.683. The van der Waals surface area contributed by atoms with Gasteiger partial charge < -0.3 is 15.4 Å². The highest BCUT2D eigenvalue weighted by atomic mass is 35.5. The molecule has 1 aromatic carbocycles. The van der Waals surface area contributed by atoms with Crippen LogP contribution in [0.1, 0.15) is 36.3 Å². The van der Waals surface area contributed by atoms with Gasteiger partial charge in [0.15, 0.2) is 11.6 Å². The smallest absolute Gasteiger partial charge is 0.219 e. The highest BCUT2D eigenvalue weighted by molar-refractivity contribution is 5.85. The van der Waals surface area contributed by atoms with Gasteiger partial charge in [0.05, 0.1) is 0 Å². The average Bonchev–Trinajstić information content (AvgIpc) is 3.47. The summed E-state index contributed by atoms with van der Waals surface area (Å²) in [5.41, 5.74) is 1.19. The first-order valence-corrected chi connectivity index (χ1v) is 9.67. The molecular weight excluding hydrogens is 384 g/mol. The Labute approximate surface area is 170 Å². The first-order chi connectivity index (χ1) is 13.2. The van der Waals surface area contributed by atoms with E-state index in [0.717, 1.165) is 31.6 Å². The van der Waals surface area contributed by atoms with Crippen LogP contribution in [-0.2, 0) is 6.61 Å². The third kappa shape index (κ3) is 4.99. The van der Waals surface area contributed by atoms with Crippen molar-refractivity contribution >= 4 is 12.4 Å². The number of piperidine rings is 1. The average molecular weight is 410 g/mol. The summed E-state index contributed by atoms with van der Waals surface area (Å²) in [7, 11) is 0. The summed E-state index contributed by atoms with van der Waals surface area (Å²) in [4.78, 5) is 3.61. The molecule has 2 N–H and O–H groups in total. The van der Waals surface area contributed by atoms with E-state index in [0.29, 0.717) is 17.5 Å². The molecule has 0 amide bonds. The summed E-state index contributed by atoms with van der Waals surface area (Å²) in [6.07, 6.45) is 4.77. The van der Waals surface area contributed by atoms with E-state index in [1.54, 1.807) is 18.2 Å². The number of pyridine rings is 1. The first-order valence-electron chi connectivity index (χ1n) is 9.67. The summed E-state index contributed by atoms with van der Waals surface area (Å²) in [6.45, 7) is 3.16. The maximum Gasteiger partial charge on any atom is 0.219 e. The summed E-state index contributed by atoms with van der Waals surface area (Å²) < 4.78 is 33.8. The molecule has 2 aliphatic rings. The fourth-order valence-electron chi connectivity index (χ4n) is 3.81. The van der Waals surface area contributed by atoms with Gasteiger partial charge in [-0.3, -0.25) is 0 Å². The van der Waals surface area contributed by atoms with Crippen molar-refractivity contribution in [3.8, 4) is 5.75 Å². The predicted molar refractivity (Wildman–Crippen MR) is 107 cm³/mol. The van der Waals surface area contributed by atoms with Crippen LogP contribution in [0.25, 0.3) is 0 Å². The van der Waals surface area contributed by atoms with Crippen molar-refractivity contribution < 1.29 is 13.5 Å². The molecule has 0 radical (unpaired) electrons. The van der Waals surface area contributed by atoms with Crippen LogP contribution < -0.4 is 15.4 Å². The molecule has 4 nitrogen and oxygen atoms in total. The van der Waals surface area contributed by atoms with Gasteiger partial charge in [-0.25, -0.2) is 9.37 Å². The second-order valence-corrected chi connectivity index (χ2v) is 7.45. The summed E-state index contributed by atoms with van der Waals surface area (Å²) in [6, 6.07) is 8.62. The Morgan fingerprint density at radius 2 is 1.96 bits per heavy atom. The van der Waals surface area contributed by atoms with E-state index in [4.69, 9.17) is 4.74 Å². The summed E-state index contributed by atoms with van der Waals surface area (Å²) in [5, 5.41) is 7.01. The number of nitrogens with one attached hydrogen (secondary N) is 2. The Morgan fingerprint density at radius 1 is 1.14 bits per heavy atom. The lowest BCUT2D eigenvalue weighted by Gasteiger charge is -2.23. The topological polar surface area (TPSA) is 46.2 Å². The monoisotopic (exact) mass is 409 g/mol. The number of hydrogen-bond acceptors (Lipinski definition) is 4. The van der Waals surface area contributed by atoms with E-state index in [1.807, 2.05) is 6.07 Å². The first kappa shape index (κ1) is 21.0. The van der Waals surface area contributed by atoms with Crippen molar-refractivity contribution in [1.29, 1.82) is 0 Å². The molecule has 152 valence electrons. The molecule has 1 saturated carbocycles. The molecule has 2 fully saturated rings. The third-order valence-electron chi connectivity index (χ3n) is 5.52. The zero-order valence-corrected chi connectivity index (χ0v) is 16.5. The molecule has 0 spiro atoms. The minimum atomic E-state index is -0.580. The lowest BCUT2D eigenvalue weighted by Crippen LogP contribution is -2.34. The summed E-state index contributed by atoms with van der Waals surface area (Å²) >= 11 is 0. The highest BCUT2D eigenvalue weighted by Crippen LogP contribution is 2.45. The second-order valence-electron chi connectivity index (χ2n) is 7.45. The molecule has 0 bridgehead atoms. The highest BCUT2D eigenvalue weighted by Gasteiger charge is 2.40. The van der Waals surface area contributed by atoms with Crippen molar-refractivity contribution in [3.05, 3.63) is 59.4 Å². The van der Waals surface area contributed by atoms with Crippen LogP contribution in [0.5, 0.6) is 5.75 Å². The number of para-hydroxylation sites is 1. The van der Waals surface area contributed by atoms with Gasteiger partial charge in [-0.15, -0.1) is 12.4 Å². The molecular formula is C21H26ClF2N3O. The number of rotatable bonds is 7. The number of benzene rings is 1. The van der Waals surface area contributed by atoms with Gasteiger partial charge >= 0.3 is 0 Å². The Balaban J connectivity index is 0.00000225. The standard InChI is InChI=1S/C21H25F2N3O.ClH/c22-18-5-1-4-16(20(18)27-13-15-3-2-8-25-21(15)23)17-11-19(17)26-12-14-6-9-24-10-7-14;/h1-5,8,14,17,19,24,26H,6-7,9-13H2;1H/t17-,19+;/m0./s1. The Morgan fingerprint density at radius 3 is 2.75 bits per heavy atom. The zero-order chi connectivity index (χ0) is 18.6. The van der Waals surface area contributed by atoms with E-state index in [1.165, 1.54) is 25.1 Å². The van der Waals surface area contributed by atoms with Crippen molar-refractivity contribution in [2.75, 3.05) is 19.6 Å². The summed E-state index contributed by atoms with van der Waals surface area (Å²) in [5.74, 6) is 0.210. The Bertz CT molecular complexity index is 786. The Hall–Kier alpha value is -1.76. The lowest BCUT2D eigenvalue weighted by molar-refractivity contribution is 0.279. The van der Waals surface area contributed by atoms with Crippen LogP contribution in [0.3, 0.4) is 0 Å². The van der Waals surface area contributed by atoms with E-state index >= 15 is 0 Å². The molecule has 4 rings (SSSR count). The molecule has 0 unspecified atom stereocenters. The van der Waals surface area contributed by atoms with Gasteiger partial charge in [0.1, 0.15) is 6.61 Å². The van der Waals surface area contributed by atoms with E-state index < -0.39 is 11.8 Å². The minimum absolute atomic E-state index is 0. The van der Waals surface area contributed by atoms with E-state index in [-0.39, 0.29) is 30.7 Å². The van der Waals surface area contributed by atoms with Crippen LogP contribution in [0.4, 0.5) is 8.78 Å². The van der Waals surface area contributed by atoms with Crippen LogP contribution in [0.15, 0.2) is 36.5 Å². The van der Waals surface area contributed by atoms with Gasteiger partial charge in [-0.1, -0.05) is 12.1 Å². The fraction of sp³-hybridized carbons (Fsp3) is 0.476. The van der Waals surface area contributed by atoms with Crippen LogP contribution >= 0.6 is 12.4 Å². The van der Waals surface area contributed by atoms with Gasteiger partial charge in [0.25, 0.3) is 0 Å². The van der Waals surface area contributed by atoms with E-state index in [9.17, 15) is 8.78 Å². The fourth-order valence-corrected chi connectivity index (χ4v) is 3.81. The minimum Gasteiger partial charge on any atom is -0.485 e. The number of ether oxygens (including phenoxy) is 1. The molecule has 7 heteroatoms. The second kappa shape index (κ2) is 9.63. The van der Waals surface area contributed by atoms with Gasteiger partial charge in [-0.2, -0.15) is 4.39 Å². The number of nitrogens with zero attached hydrogens (tertiary/aromatic N) is 1. The van der Waals surface area contributed by atoms with Crippen LogP contribution in [-0.4, -0.2) is 30.7 Å². The molecule has 28 heavy (non-hydrogen) atoms. The lowest BCUT2D eigenvalue weighted by atomic mass is 9.98. The van der Waals surface area contributed by atoms with E-state index in [2.05, 4.69) is 15.6 Å². The zero-order valence-electron chi connectivity index (χ0n) is 15.7. The Kier molecular flexibility index (Phi) is 7.21. The van der Waals surface area contributed by atoms with Gasteiger partial charge in [0, 0.05) is 29.3 Å². The maximum atomic E-state index is 14.4. The number of aromatic nitrogens is 1. The molecule has 2 atom stereocenters. The molecule has 1 aliphatic carbocycles. The molecule has 2 heterocycles. The largest absolute Gasteiger partial charge is 0.485 e. The normalized spacial score (nSPS) is 21.8. The molecule has 1 saturated heterocycles. The van der Waals surface area contributed by atoms with Crippen LogP contribution in [0, 0.1) is 17.7 Å². The SMILES string of the molecule is Cl.Fc1cccc([C@@H]2C[C@H]2NCC2CCNCC2)c1OCc1cccnc1F. The predicted octanol–water partition coefficient (Wildman–Crippen LogP) is 3.81. The van der Waals surface area contributed by atoms with Gasteiger partial charge in [-0.05, 0) is 63.0 Å². The number of hydrogen-bond donors (Lipinski definition) is 2. The maximum absolute atomic E-state index is 14.4. The number of halogens is 3. The van der Waals surface area contributed by atoms with Crippen LogP contribution in [0.2, 0.25) is 0 Å².